The first kappa shape index (κ1) is 17.0. The lowest BCUT2D eigenvalue weighted by Gasteiger charge is -2.28. The summed E-state index contributed by atoms with van der Waals surface area (Å²) in [5.74, 6) is -1.82. The molecule has 1 aliphatic rings. The van der Waals surface area contributed by atoms with Crippen LogP contribution in [0.5, 0.6) is 0 Å². The van der Waals surface area contributed by atoms with Crippen molar-refractivity contribution in [3.8, 4) is 0 Å². The number of hydrogen-bond donors (Lipinski definition) is 3. The van der Waals surface area contributed by atoms with Gasteiger partial charge in [0.05, 0.1) is 11.3 Å². The third kappa shape index (κ3) is 4.55. The number of hydrogen-bond acceptors (Lipinski definition) is 3. The molecule has 1 fully saturated rings. The lowest BCUT2D eigenvalue weighted by atomic mass is 9.84. The van der Waals surface area contributed by atoms with Crippen molar-refractivity contribution in [3.05, 3.63) is 29.8 Å². The Bertz CT molecular complexity index is 594. The highest BCUT2D eigenvalue weighted by Gasteiger charge is 2.31. The molecule has 1 atom stereocenters. The summed E-state index contributed by atoms with van der Waals surface area (Å²) >= 11 is 0. The van der Waals surface area contributed by atoms with Gasteiger partial charge in [-0.3, -0.25) is 9.59 Å². The van der Waals surface area contributed by atoms with Gasteiger partial charge in [0.25, 0.3) is 5.91 Å². The average molecular weight is 318 g/mol. The Labute approximate surface area is 135 Å². The minimum atomic E-state index is -1.01. The number of carboxylic acids is 1. The van der Waals surface area contributed by atoms with Crippen LogP contribution in [0.15, 0.2) is 24.3 Å². The Kier molecular flexibility index (Phi) is 5.73. The van der Waals surface area contributed by atoms with Crippen molar-refractivity contribution >= 4 is 23.5 Å². The molecule has 0 aliphatic heterocycles. The number of anilines is 1. The number of rotatable bonds is 5. The zero-order valence-electron chi connectivity index (χ0n) is 13.2. The van der Waals surface area contributed by atoms with E-state index in [1.165, 1.54) is 6.92 Å². The van der Waals surface area contributed by atoms with Gasteiger partial charge in [-0.2, -0.15) is 0 Å². The molecule has 2 rings (SSSR count). The molecular formula is C17H22N2O4. The van der Waals surface area contributed by atoms with E-state index in [9.17, 15) is 19.5 Å². The van der Waals surface area contributed by atoms with Crippen molar-refractivity contribution in [2.45, 2.75) is 45.1 Å². The summed E-state index contributed by atoms with van der Waals surface area (Å²) in [5, 5.41) is 14.7. The monoisotopic (exact) mass is 318 g/mol. The average Bonchev–Trinajstić information content (AvgIpc) is 2.53. The van der Waals surface area contributed by atoms with E-state index in [1.54, 1.807) is 24.3 Å². The minimum absolute atomic E-state index is 0.0434. The number of carbonyl (C=O) groups is 3. The number of carboxylic acid groups (broad SMARTS) is 1. The Morgan fingerprint density at radius 3 is 2.39 bits per heavy atom. The van der Waals surface area contributed by atoms with E-state index < -0.39 is 17.9 Å². The van der Waals surface area contributed by atoms with Crippen molar-refractivity contribution in [2.75, 3.05) is 5.32 Å². The predicted octanol–water partition coefficient (Wildman–Crippen LogP) is 2.41. The lowest BCUT2D eigenvalue weighted by molar-refractivity contribution is -0.141. The number of aliphatic carboxylic acids is 1. The molecule has 6 heteroatoms. The molecule has 6 nitrogen and oxygen atoms in total. The highest BCUT2D eigenvalue weighted by atomic mass is 16.4. The van der Waals surface area contributed by atoms with Gasteiger partial charge >= 0.3 is 5.97 Å². The topological polar surface area (TPSA) is 95.5 Å². The fourth-order valence-corrected chi connectivity index (χ4v) is 3.05. The summed E-state index contributed by atoms with van der Waals surface area (Å²) in [5.41, 5.74) is 0.648. The van der Waals surface area contributed by atoms with Gasteiger partial charge in [-0.1, -0.05) is 31.4 Å². The van der Waals surface area contributed by atoms with Crippen LogP contribution in [0.2, 0.25) is 0 Å². The maximum absolute atomic E-state index is 12.5. The first-order valence-electron chi connectivity index (χ1n) is 7.89. The number of benzene rings is 1. The van der Waals surface area contributed by atoms with Gasteiger partial charge in [0.15, 0.2) is 0 Å². The molecule has 0 saturated heterocycles. The molecule has 1 aliphatic carbocycles. The fourth-order valence-electron chi connectivity index (χ4n) is 3.05. The summed E-state index contributed by atoms with van der Waals surface area (Å²) in [6.07, 6.45) is 4.72. The fraction of sp³-hybridized carbons (Fsp3) is 0.471. The maximum atomic E-state index is 12.5. The first-order chi connectivity index (χ1) is 11.0. The quantitative estimate of drug-likeness (QED) is 0.777. The molecule has 1 aromatic carbocycles. The standard InChI is InChI=1S/C17H22N2O4/c1-11(20)18-14-10-6-5-9-13(14)16(21)19-15(17(22)23)12-7-3-2-4-8-12/h5-6,9-10,12,15H,2-4,7-8H2,1H3,(H,18,20)(H,19,21)(H,22,23)/t15-/m0/s1. The lowest BCUT2D eigenvalue weighted by Crippen LogP contribution is -2.46. The second-order valence-electron chi connectivity index (χ2n) is 5.91. The molecule has 0 radical (unpaired) electrons. The number of nitrogens with one attached hydrogen (secondary N) is 2. The van der Waals surface area contributed by atoms with E-state index in [0.29, 0.717) is 5.69 Å². The van der Waals surface area contributed by atoms with Gasteiger partial charge in [0.1, 0.15) is 6.04 Å². The number of para-hydroxylation sites is 1. The van der Waals surface area contributed by atoms with Crippen molar-refractivity contribution in [2.24, 2.45) is 5.92 Å². The Morgan fingerprint density at radius 2 is 1.78 bits per heavy atom. The van der Waals surface area contributed by atoms with E-state index in [2.05, 4.69) is 10.6 Å². The summed E-state index contributed by atoms with van der Waals surface area (Å²) < 4.78 is 0. The van der Waals surface area contributed by atoms with Crippen LogP contribution in [-0.4, -0.2) is 28.9 Å². The second-order valence-corrected chi connectivity index (χ2v) is 5.91. The van der Waals surface area contributed by atoms with Crippen molar-refractivity contribution in [3.63, 3.8) is 0 Å². The van der Waals surface area contributed by atoms with Crippen LogP contribution >= 0.6 is 0 Å². The maximum Gasteiger partial charge on any atom is 0.326 e. The van der Waals surface area contributed by atoms with Crippen molar-refractivity contribution < 1.29 is 19.5 Å². The third-order valence-corrected chi connectivity index (χ3v) is 4.16. The molecule has 0 unspecified atom stereocenters. The smallest absolute Gasteiger partial charge is 0.326 e. The minimum Gasteiger partial charge on any atom is -0.480 e. The van der Waals surface area contributed by atoms with Crippen LogP contribution < -0.4 is 10.6 Å². The highest BCUT2D eigenvalue weighted by Crippen LogP contribution is 2.27. The molecule has 3 N–H and O–H groups in total. The zero-order chi connectivity index (χ0) is 16.8. The first-order valence-corrected chi connectivity index (χ1v) is 7.89. The normalized spacial score (nSPS) is 16.4. The summed E-state index contributed by atoms with van der Waals surface area (Å²) in [6, 6.07) is 5.68. The van der Waals surface area contributed by atoms with Crippen LogP contribution in [0.4, 0.5) is 5.69 Å². The summed E-state index contributed by atoms with van der Waals surface area (Å²) in [4.78, 5) is 35.3. The van der Waals surface area contributed by atoms with E-state index >= 15 is 0 Å². The van der Waals surface area contributed by atoms with E-state index in [-0.39, 0.29) is 17.4 Å². The van der Waals surface area contributed by atoms with Crippen LogP contribution in [0.3, 0.4) is 0 Å². The second kappa shape index (κ2) is 7.76. The molecule has 1 saturated carbocycles. The van der Waals surface area contributed by atoms with Gasteiger partial charge in [-0.15, -0.1) is 0 Å². The highest BCUT2D eigenvalue weighted by molar-refractivity contribution is 6.04. The van der Waals surface area contributed by atoms with Gasteiger partial charge in [0.2, 0.25) is 5.91 Å². The molecule has 0 bridgehead atoms. The van der Waals surface area contributed by atoms with E-state index in [1.807, 2.05) is 0 Å². The molecule has 23 heavy (non-hydrogen) atoms. The summed E-state index contributed by atoms with van der Waals surface area (Å²) in [7, 11) is 0. The van der Waals surface area contributed by atoms with Crippen molar-refractivity contribution in [1.29, 1.82) is 0 Å². The summed E-state index contributed by atoms with van der Waals surface area (Å²) in [6.45, 7) is 1.36. The number of carbonyl (C=O) groups excluding carboxylic acids is 2. The SMILES string of the molecule is CC(=O)Nc1ccccc1C(=O)N[C@H](C(=O)O)C1CCCCC1. The largest absolute Gasteiger partial charge is 0.480 e. The Hall–Kier alpha value is -2.37. The molecule has 1 aromatic rings. The van der Waals surface area contributed by atoms with Gasteiger partial charge in [0, 0.05) is 6.92 Å². The Morgan fingerprint density at radius 1 is 1.13 bits per heavy atom. The van der Waals surface area contributed by atoms with Crippen LogP contribution in [0.1, 0.15) is 49.4 Å². The van der Waals surface area contributed by atoms with Gasteiger partial charge in [-0.05, 0) is 30.9 Å². The molecule has 124 valence electrons. The van der Waals surface area contributed by atoms with Crippen LogP contribution in [0, 0.1) is 5.92 Å². The van der Waals surface area contributed by atoms with Crippen LogP contribution in [0.25, 0.3) is 0 Å². The molecule has 2 amide bonds. The van der Waals surface area contributed by atoms with E-state index in [0.717, 1.165) is 32.1 Å². The van der Waals surface area contributed by atoms with Crippen LogP contribution in [-0.2, 0) is 9.59 Å². The number of amides is 2. The van der Waals surface area contributed by atoms with Gasteiger partial charge < -0.3 is 15.7 Å². The van der Waals surface area contributed by atoms with Gasteiger partial charge in [-0.25, -0.2) is 4.79 Å². The zero-order valence-corrected chi connectivity index (χ0v) is 13.2. The Balaban J connectivity index is 2.15. The molecule has 0 aromatic heterocycles. The van der Waals surface area contributed by atoms with E-state index in [4.69, 9.17) is 0 Å². The molecular weight excluding hydrogens is 296 g/mol. The molecule has 0 spiro atoms. The predicted molar refractivity (Wildman–Crippen MR) is 86.2 cm³/mol. The molecule has 0 heterocycles. The third-order valence-electron chi connectivity index (χ3n) is 4.16. The van der Waals surface area contributed by atoms with Crippen molar-refractivity contribution in [1.82, 2.24) is 5.32 Å².